The number of Topliss-reactive ketones (excluding diaryl/α,β-unsaturated/α-hetero) is 1. The van der Waals surface area contributed by atoms with E-state index in [0.717, 1.165) is 19.2 Å². The second-order valence-corrected chi connectivity index (χ2v) is 19.0. The number of fused-ring (bicyclic) bond motifs is 5. The Labute approximate surface area is 383 Å². The minimum atomic E-state index is -2.35. The van der Waals surface area contributed by atoms with Gasteiger partial charge in [0.25, 0.3) is 5.56 Å². The molecule has 0 spiro atoms. The number of nitrogens with zero attached hydrogens (tertiary/aromatic N) is 1. The molecule has 4 aliphatic rings. The maximum absolute atomic E-state index is 14.9. The smallest absolute Gasteiger partial charge is 0.408 e. The van der Waals surface area contributed by atoms with Crippen LogP contribution >= 0.6 is 0 Å². The van der Waals surface area contributed by atoms with E-state index in [1.54, 1.807) is 88.1 Å². The van der Waals surface area contributed by atoms with Crippen LogP contribution in [0.5, 0.6) is 0 Å². The summed E-state index contributed by atoms with van der Waals surface area (Å²) in [7, 11) is 0. The molecule has 1 aromatic heterocycles. The van der Waals surface area contributed by atoms with Gasteiger partial charge in [-0.2, -0.15) is 0 Å². The number of rotatable bonds is 8. The summed E-state index contributed by atoms with van der Waals surface area (Å²) in [6.45, 7) is 11.8. The van der Waals surface area contributed by atoms with Crippen molar-refractivity contribution in [3.8, 4) is 0 Å². The van der Waals surface area contributed by atoms with E-state index in [-0.39, 0.29) is 34.5 Å². The van der Waals surface area contributed by atoms with E-state index in [4.69, 9.17) is 23.7 Å². The number of ether oxygens (including phenoxy) is 5. The van der Waals surface area contributed by atoms with Gasteiger partial charge in [-0.1, -0.05) is 66.9 Å². The second-order valence-electron chi connectivity index (χ2n) is 19.0. The number of alkyl carbamates (subject to hydrolysis) is 1. The molecule has 6 N–H and O–H groups in total. The van der Waals surface area contributed by atoms with Crippen molar-refractivity contribution >= 4 is 29.8 Å². The highest BCUT2D eigenvalue weighted by atomic mass is 19.2. The first-order valence-corrected chi connectivity index (χ1v) is 21.5. The van der Waals surface area contributed by atoms with Crippen molar-refractivity contribution < 1.29 is 72.6 Å². The zero-order chi connectivity index (χ0) is 49.6. The van der Waals surface area contributed by atoms with Crippen molar-refractivity contribution in [2.75, 3.05) is 6.61 Å². The Balaban J connectivity index is 0.000000736. The normalized spacial score (nSPS) is 30.4. The van der Waals surface area contributed by atoms with Gasteiger partial charge in [0.15, 0.2) is 17.5 Å². The first-order valence-electron chi connectivity index (χ1n) is 21.5. The number of aromatic nitrogens is 2. The van der Waals surface area contributed by atoms with Crippen LogP contribution in [0.2, 0.25) is 0 Å². The number of carbonyl (C=O) groups is 5. The summed E-state index contributed by atoms with van der Waals surface area (Å²) in [5.41, 5.74) is -9.79. The van der Waals surface area contributed by atoms with Crippen LogP contribution in [-0.2, 0) is 38.1 Å². The number of benzene rings is 2. The zero-order valence-electron chi connectivity index (χ0n) is 38.2. The third-order valence-electron chi connectivity index (χ3n) is 13.3. The molecule has 7 rings (SSSR count). The molecule has 20 heteroatoms. The van der Waals surface area contributed by atoms with Gasteiger partial charge >= 0.3 is 29.7 Å². The van der Waals surface area contributed by atoms with Crippen LogP contribution in [0.15, 0.2) is 93.7 Å². The summed E-state index contributed by atoms with van der Waals surface area (Å²) >= 11 is 0. The number of nitrogens with one attached hydrogen (secondary N) is 2. The third kappa shape index (κ3) is 9.32. The number of halogens is 1. The van der Waals surface area contributed by atoms with Gasteiger partial charge < -0.3 is 49.4 Å². The lowest BCUT2D eigenvalue weighted by Gasteiger charge is -2.67. The number of aliphatic hydroxyl groups is 4. The number of aliphatic hydroxyl groups excluding tert-OH is 3. The number of hydrogen-bond donors (Lipinski definition) is 6. The lowest BCUT2D eigenvalue weighted by Crippen LogP contribution is -2.81. The fourth-order valence-corrected chi connectivity index (χ4v) is 9.96. The lowest BCUT2D eigenvalue weighted by atomic mass is 9.44. The molecule has 19 nitrogen and oxygen atoms in total. The Kier molecular flexibility index (Phi) is 13.9. The molecule has 67 heavy (non-hydrogen) atoms. The molecular formula is C47H56FN3O16. The van der Waals surface area contributed by atoms with Crippen LogP contribution in [-0.4, -0.2) is 120 Å². The van der Waals surface area contributed by atoms with Crippen LogP contribution in [0.4, 0.5) is 9.28 Å². The van der Waals surface area contributed by atoms with E-state index in [9.17, 15) is 58.5 Å². The maximum Gasteiger partial charge on any atom is 0.408 e. The average molecular weight is 938 g/mol. The highest BCUT2D eigenvalue weighted by Crippen LogP contribution is 2.64. The molecule has 0 radical (unpaired) electrons. The fourth-order valence-electron chi connectivity index (χ4n) is 9.96. The van der Waals surface area contributed by atoms with Crippen LogP contribution < -0.4 is 16.6 Å². The molecule has 3 aromatic rings. The summed E-state index contributed by atoms with van der Waals surface area (Å²) < 4.78 is 41.4. The predicted molar refractivity (Wildman–Crippen MR) is 231 cm³/mol. The Bertz CT molecular complexity index is 2540. The minimum absolute atomic E-state index is 0.0637. The Morgan fingerprint density at radius 3 is 2.10 bits per heavy atom. The molecule has 362 valence electrons. The number of aromatic amines is 1. The van der Waals surface area contributed by atoms with Gasteiger partial charge in [-0.15, -0.1) is 4.79 Å². The second kappa shape index (κ2) is 18.6. The van der Waals surface area contributed by atoms with E-state index in [1.165, 1.54) is 26.0 Å². The molecule has 2 saturated carbocycles. The van der Waals surface area contributed by atoms with Gasteiger partial charge in [0.2, 0.25) is 0 Å². The number of hydrogen-bond acceptors (Lipinski definition) is 16. The van der Waals surface area contributed by atoms with Gasteiger partial charge in [0.1, 0.15) is 35.6 Å². The third-order valence-corrected chi connectivity index (χ3v) is 13.3. The van der Waals surface area contributed by atoms with E-state index < -0.39 is 124 Å². The molecular weight excluding hydrogens is 882 g/mol. The minimum Gasteiger partial charge on any atom is -0.456 e. The molecule has 3 fully saturated rings. The van der Waals surface area contributed by atoms with Gasteiger partial charge in [-0.3, -0.25) is 19.4 Å². The van der Waals surface area contributed by atoms with Crippen molar-refractivity contribution in [3.05, 3.63) is 116 Å². The molecule has 1 saturated heterocycles. The molecule has 2 bridgehead atoms. The molecule has 2 aromatic carbocycles. The monoisotopic (exact) mass is 937 g/mol. The average Bonchev–Trinajstić information content (AvgIpc) is 3.25. The molecule has 11 atom stereocenters. The van der Waals surface area contributed by atoms with Gasteiger partial charge in [-0.05, 0) is 63.5 Å². The van der Waals surface area contributed by atoms with E-state index in [0.29, 0.717) is 5.56 Å². The first-order chi connectivity index (χ1) is 31.2. The van der Waals surface area contributed by atoms with Gasteiger partial charge in [0.05, 0.1) is 35.6 Å². The lowest BCUT2D eigenvalue weighted by molar-refractivity contribution is -0.346. The van der Waals surface area contributed by atoms with Crippen molar-refractivity contribution in [1.82, 2.24) is 15.1 Å². The van der Waals surface area contributed by atoms with Crippen LogP contribution in [0.3, 0.4) is 0 Å². The SMILES string of the molecule is CC(=O)O[C@@]12CO[C@@H]1C[C@H](O)[C@@]1(C)C(=O)[C@H](O)C3=C(C)[C@@H](OC(=O)[C@H](O)[C@@H](NC(=O)OC(C)(C)C)c4ccccc4)C[C@@](O)([C@@H](OC(=O)c4ccccc4)[C@H]21)C3(C)C.O=c1ccn(F)c(=O)[nH]1. The zero-order valence-corrected chi connectivity index (χ0v) is 38.2. The summed E-state index contributed by atoms with van der Waals surface area (Å²) in [6, 6.07) is 15.5. The van der Waals surface area contributed by atoms with Gasteiger partial charge in [-0.25, -0.2) is 19.2 Å². The molecule has 1 amide bonds. The Morgan fingerprint density at radius 1 is 0.955 bits per heavy atom. The summed E-state index contributed by atoms with van der Waals surface area (Å²) in [6.07, 6.45) is -10.7. The molecule has 0 unspecified atom stereocenters. The standard InChI is InChI=1S/C43H53NO14.C4H3FN2O2/c1-22-26(55-37(51)32(48)30(24-15-11-9-12-16-24)44-38(52)58-39(3,4)5)20-43(53)35(56-36(50)25-17-13-10-14-18-25)33-41(8,34(49)31(47)29(22)40(43,6)7)27(46)19-28-42(33,21-54-28)57-23(2)45;5-7-2-1-3(8)6-4(7)9/h9-18,26-28,30-33,35,46-48,53H,19-21H2,1-8H3,(H,44,52);1-2H,(H,6,8,9)/t26-,27-,28+,30-,31+,32+,33-,35-,41+,42-,43+;/m0./s1. The van der Waals surface area contributed by atoms with Crippen molar-refractivity contribution in [2.24, 2.45) is 16.7 Å². The Morgan fingerprint density at radius 2 is 1.57 bits per heavy atom. The first kappa shape index (κ1) is 50.4. The summed E-state index contributed by atoms with van der Waals surface area (Å²) in [5.74, 6) is -5.36. The quantitative estimate of drug-likeness (QED) is 0.108. The van der Waals surface area contributed by atoms with Crippen LogP contribution in [0.1, 0.15) is 90.2 Å². The molecule has 1 aliphatic heterocycles. The van der Waals surface area contributed by atoms with E-state index >= 15 is 0 Å². The van der Waals surface area contributed by atoms with Crippen molar-refractivity contribution in [1.29, 1.82) is 0 Å². The Hall–Kier alpha value is -6.06. The highest BCUT2D eigenvalue weighted by Gasteiger charge is 2.78. The summed E-state index contributed by atoms with van der Waals surface area (Å²) in [5, 5.41) is 51.6. The topological polar surface area (TPSA) is 279 Å². The van der Waals surface area contributed by atoms with E-state index in [2.05, 4.69) is 5.32 Å². The maximum atomic E-state index is 14.9. The predicted octanol–water partition coefficient (Wildman–Crippen LogP) is 2.53. The fraction of sp³-hybridized carbons (Fsp3) is 0.511. The number of amides is 1. The number of ketones is 1. The van der Waals surface area contributed by atoms with Gasteiger partial charge in [0, 0.05) is 37.4 Å². The number of H-pyrrole nitrogens is 1. The van der Waals surface area contributed by atoms with Crippen LogP contribution in [0.25, 0.3) is 0 Å². The highest BCUT2D eigenvalue weighted by molar-refractivity contribution is 5.94. The van der Waals surface area contributed by atoms with Crippen LogP contribution in [0, 0.1) is 16.7 Å². The van der Waals surface area contributed by atoms with E-state index in [1.807, 2.05) is 0 Å². The number of esters is 3. The number of carbonyl (C=O) groups excluding carboxylic acids is 5. The van der Waals surface area contributed by atoms with Crippen molar-refractivity contribution in [3.63, 3.8) is 0 Å². The molecule has 2 heterocycles. The summed E-state index contributed by atoms with van der Waals surface area (Å²) in [4.78, 5) is 90.8. The van der Waals surface area contributed by atoms with Crippen molar-refractivity contribution in [2.45, 2.75) is 128 Å². The molecule has 3 aliphatic carbocycles. The largest absolute Gasteiger partial charge is 0.456 e.